The number of benzene rings is 1. The summed E-state index contributed by atoms with van der Waals surface area (Å²) in [5, 5.41) is 8.71. The number of aromatic nitrogens is 2. The van der Waals surface area contributed by atoms with Crippen molar-refractivity contribution in [1.82, 2.24) is 9.97 Å². The van der Waals surface area contributed by atoms with Crippen molar-refractivity contribution in [1.29, 1.82) is 0 Å². The van der Waals surface area contributed by atoms with Crippen LogP contribution in [0.2, 0.25) is 5.02 Å². The van der Waals surface area contributed by atoms with Crippen molar-refractivity contribution in [2.45, 2.75) is 46.5 Å². The number of aromatic amines is 1. The number of fused-ring (bicyclic) bond motifs is 1. The second kappa shape index (κ2) is 9.41. The third-order valence-electron chi connectivity index (χ3n) is 4.61. The Morgan fingerprint density at radius 1 is 1.27 bits per heavy atom. The van der Waals surface area contributed by atoms with Crippen molar-refractivity contribution in [2.75, 3.05) is 6.61 Å². The summed E-state index contributed by atoms with van der Waals surface area (Å²) in [4.78, 5) is 31.3. The van der Waals surface area contributed by atoms with E-state index in [0.717, 1.165) is 23.1 Å². The van der Waals surface area contributed by atoms with Crippen LogP contribution in [0.1, 0.15) is 55.7 Å². The highest BCUT2D eigenvalue weighted by Gasteiger charge is 2.20. The van der Waals surface area contributed by atoms with E-state index in [1.165, 1.54) is 12.3 Å². The first-order chi connectivity index (χ1) is 14.0. The number of halogens is 1. The molecule has 7 heteroatoms. The van der Waals surface area contributed by atoms with Crippen molar-refractivity contribution in [3.8, 4) is 11.3 Å². The van der Waals surface area contributed by atoms with Gasteiger partial charge in [0.1, 0.15) is 5.69 Å². The van der Waals surface area contributed by atoms with Gasteiger partial charge in [-0.25, -0.2) is 0 Å². The number of aliphatic hydroxyl groups excluding tert-OH is 1. The fourth-order valence-electron chi connectivity index (χ4n) is 3.08. The van der Waals surface area contributed by atoms with E-state index in [-0.39, 0.29) is 21.9 Å². The molecular weight excluding hydrogens is 402 g/mol. The van der Waals surface area contributed by atoms with Crippen molar-refractivity contribution in [3.05, 3.63) is 62.5 Å². The number of H-pyrrole nitrogens is 1. The number of nitrogens with one attached hydrogen (secondary N) is 1. The Balaban J connectivity index is 0.000000735. The number of hydrogen-bond acceptors (Lipinski definition) is 4. The maximum absolute atomic E-state index is 12.6. The third kappa shape index (κ3) is 5.07. The summed E-state index contributed by atoms with van der Waals surface area (Å²) in [7, 11) is 0. The molecule has 0 radical (unpaired) electrons. The molecule has 6 nitrogen and oxygen atoms in total. The molecule has 1 amide bonds. The molecule has 3 rings (SSSR count). The van der Waals surface area contributed by atoms with Crippen LogP contribution in [-0.2, 0) is 5.41 Å². The Morgan fingerprint density at radius 3 is 2.43 bits per heavy atom. The number of aliphatic hydroxyl groups is 1. The van der Waals surface area contributed by atoms with Gasteiger partial charge in [-0.2, -0.15) is 0 Å². The van der Waals surface area contributed by atoms with Crippen molar-refractivity contribution >= 4 is 28.4 Å². The maximum Gasteiger partial charge on any atom is 0.268 e. The summed E-state index contributed by atoms with van der Waals surface area (Å²) in [5.41, 5.74) is 8.91. The molecule has 0 unspecified atom stereocenters. The normalized spacial score (nSPS) is 11.2. The molecule has 2 aromatic heterocycles. The van der Waals surface area contributed by atoms with Crippen molar-refractivity contribution < 1.29 is 9.90 Å². The molecule has 0 spiro atoms. The Labute approximate surface area is 181 Å². The number of rotatable bonds is 3. The number of nitrogens with zero attached hydrogens (tertiary/aromatic N) is 1. The zero-order chi connectivity index (χ0) is 22.6. The lowest BCUT2D eigenvalue weighted by Crippen LogP contribution is -2.17. The highest BCUT2D eigenvalue weighted by atomic mass is 35.5. The topological polar surface area (TPSA) is 109 Å². The van der Waals surface area contributed by atoms with Crippen LogP contribution in [0.25, 0.3) is 22.2 Å². The number of aryl methyl sites for hydroxylation is 1. The average molecular weight is 430 g/mol. The van der Waals surface area contributed by atoms with E-state index in [4.69, 9.17) is 22.4 Å². The van der Waals surface area contributed by atoms with E-state index < -0.39 is 5.91 Å². The Hall–Kier alpha value is -2.70. The first kappa shape index (κ1) is 23.6. The number of nitrogens with two attached hydrogens (primary N) is 1. The molecule has 0 atom stereocenters. The van der Waals surface area contributed by atoms with Gasteiger partial charge < -0.3 is 15.8 Å². The molecule has 0 aliphatic carbocycles. The minimum absolute atomic E-state index is 0.0341. The number of amides is 1. The first-order valence-electron chi connectivity index (χ1n) is 9.75. The minimum atomic E-state index is -0.734. The van der Waals surface area contributed by atoms with Gasteiger partial charge in [0.2, 0.25) is 0 Å². The van der Waals surface area contributed by atoms with E-state index >= 15 is 0 Å². The number of carbonyl (C=O) groups is 1. The molecule has 30 heavy (non-hydrogen) atoms. The maximum atomic E-state index is 12.6. The van der Waals surface area contributed by atoms with Crippen LogP contribution in [-0.4, -0.2) is 27.6 Å². The van der Waals surface area contributed by atoms with Crippen LogP contribution >= 0.6 is 11.6 Å². The van der Waals surface area contributed by atoms with Gasteiger partial charge in [0.25, 0.3) is 5.91 Å². The molecular formula is C23H28ClN3O3. The number of primary amides is 1. The minimum Gasteiger partial charge on any atom is -0.396 e. The number of carbonyl (C=O) groups excluding carboxylic acids is 1. The van der Waals surface area contributed by atoms with Gasteiger partial charge >= 0.3 is 0 Å². The summed E-state index contributed by atoms with van der Waals surface area (Å²) < 4.78 is 0. The number of hydrogen-bond donors (Lipinski definition) is 3. The van der Waals surface area contributed by atoms with Gasteiger partial charge in [0.15, 0.2) is 5.43 Å². The molecule has 0 aliphatic heterocycles. The molecule has 2 heterocycles. The highest BCUT2D eigenvalue weighted by molar-refractivity contribution is 6.31. The summed E-state index contributed by atoms with van der Waals surface area (Å²) >= 11 is 6.50. The molecule has 1 aromatic carbocycles. The van der Waals surface area contributed by atoms with Gasteiger partial charge in [-0.1, -0.05) is 45.4 Å². The summed E-state index contributed by atoms with van der Waals surface area (Å²) in [6.07, 6.45) is 2.32. The van der Waals surface area contributed by atoms with Crippen LogP contribution in [0, 0.1) is 6.92 Å². The Morgan fingerprint density at radius 2 is 1.90 bits per heavy atom. The van der Waals surface area contributed by atoms with Crippen molar-refractivity contribution in [2.24, 2.45) is 5.73 Å². The lowest BCUT2D eigenvalue weighted by atomic mass is 9.85. The van der Waals surface area contributed by atoms with E-state index in [9.17, 15) is 9.59 Å². The zero-order valence-electron chi connectivity index (χ0n) is 18.0. The zero-order valence-corrected chi connectivity index (χ0v) is 18.7. The van der Waals surface area contributed by atoms with Crippen LogP contribution in [0.5, 0.6) is 0 Å². The molecule has 0 saturated heterocycles. The van der Waals surface area contributed by atoms with Gasteiger partial charge in [-0.05, 0) is 42.0 Å². The standard InChI is InChI=1S/C20H20ClN3O2.C3H8O/c1-10-7-12(20(2,3)4)13(21)8-11(10)15-9-16(25)17-14(24-15)5-6-23-18(17)19(22)26;1-2-3-4/h5-9H,1-4H3,(H2,22,26)(H,24,25);4H,2-3H2,1H3. The number of pyridine rings is 2. The molecule has 160 valence electrons. The van der Waals surface area contributed by atoms with E-state index in [2.05, 4.69) is 30.7 Å². The summed E-state index contributed by atoms with van der Waals surface area (Å²) in [5.74, 6) is -0.734. The molecule has 0 saturated carbocycles. The fourth-order valence-corrected chi connectivity index (χ4v) is 3.53. The van der Waals surface area contributed by atoms with Gasteiger partial charge in [-0.3, -0.25) is 14.6 Å². The van der Waals surface area contributed by atoms with Gasteiger partial charge in [-0.15, -0.1) is 0 Å². The lowest BCUT2D eigenvalue weighted by molar-refractivity contribution is 0.0997. The van der Waals surface area contributed by atoms with Crippen molar-refractivity contribution in [3.63, 3.8) is 0 Å². The van der Waals surface area contributed by atoms with Crippen LogP contribution in [0.3, 0.4) is 0 Å². The summed E-state index contributed by atoms with van der Waals surface area (Å²) in [6.45, 7) is 10.5. The van der Waals surface area contributed by atoms with Crippen LogP contribution < -0.4 is 11.2 Å². The molecule has 4 N–H and O–H groups in total. The lowest BCUT2D eigenvalue weighted by Gasteiger charge is -2.22. The van der Waals surface area contributed by atoms with E-state index in [1.807, 2.05) is 26.0 Å². The molecule has 0 bridgehead atoms. The average Bonchev–Trinajstić information content (AvgIpc) is 2.68. The van der Waals surface area contributed by atoms with Gasteiger partial charge in [0.05, 0.1) is 16.6 Å². The first-order valence-corrected chi connectivity index (χ1v) is 10.1. The Kier molecular flexibility index (Phi) is 7.39. The quantitative estimate of drug-likeness (QED) is 0.575. The second-order valence-corrected chi connectivity index (χ2v) is 8.52. The largest absolute Gasteiger partial charge is 0.396 e. The fraction of sp³-hybridized carbons (Fsp3) is 0.348. The smallest absolute Gasteiger partial charge is 0.268 e. The summed E-state index contributed by atoms with van der Waals surface area (Å²) in [6, 6.07) is 7.01. The third-order valence-corrected chi connectivity index (χ3v) is 4.92. The van der Waals surface area contributed by atoms with E-state index in [0.29, 0.717) is 22.8 Å². The molecule has 0 aliphatic rings. The highest BCUT2D eigenvalue weighted by Crippen LogP contribution is 2.35. The molecule has 3 aromatic rings. The van der Waals surface area contributed by atoms with Gasteiger partial charge in [0, 0.05) is 29.5 Å². The predicted molar refractivity (Wildman–Crippen MR) is 122 cm³/mol. The Bertz CT molecular complexity index is 1130. The van der Waals surface area contributed by atoms with E-state index in [1.54, 1.807) is 6.07 Å². The van der Waals surface area contributed by atoms with Crippen LogP contribution in [0.4, 0.5) is 0 Å². The monoisotopic (exact) mass is 429 g/mol. The molecule has 0 fully saturated rings. The predicted octanol–water partition coefficient (Wildman–Crippen LogP) is 4.34. The second-order valence-electron chi connectivity index (χ2n) is 8.11. The van der Waals surface area contributed by atoms with Crippen LogP contribution in [0.15, 0.2) is 35.3 Å². The SMILES string of the molecule is CCCO.Cc1cc(C(C)(C)C)c(Cl)cc1-c1cc(=O)c2c(C(N)=O)nccc2[nH]1.